The summed E-state index contributed by atoms with van der Waals surface area (Å²) in [6.45, 7) is 0. The molecule has 1 aromatic rings. The van der Waals surface area contributed by atoms with Crippen LogP contribution in [0.25, 0.3) is 0 Å². The zero-order valence-corrected chi connectivity index (χ0v) is 9.04. The molecule has 0 atom stereocenters. The topological polar surface area (TPSA) is 47.0 Å². The van der Waals surface area contributed by atoms with E-state index in [0.29, 0.717) is 6.07 Å². The van der Waals surface area contributed by atoms with Gasteiger partial charge in [-0.2, -0.15) is 0 Å². The van der Waals surface area contributed by atoms with Crippen molar-refractivity contribution in [3.63, 3.8) is 0 Å². The lowest BCUT2D eigenvalue weighted by atomic mass is 10.3. The maximum Gasteiger partial charge on any atom is 0.283 e. The van der Waals surface area contributed by atoms with Crippen LogP contribution in [0.1, 0.15) is 12.1 Å². The molecule has 1 heterocycles. The summed E-state index contributed by atoms with van der Waals surface area (Å²) >= 11 is 5.28. The fraction of sp³-hybridized carbons (Fsp3) is 0.167. The molecule has 15 heavy (non-hydrogen) atoms. The molecule has 0 aliphatic rings. The predicted molar refractivity (Wildman–Crippen MR) is 47.2 cm³/mol. The number of alkyl halides is 2. The molecule has 0 spiro atoms. The number of pyridine rings is 1. The highest BCUT2D eigenvalue weighted by Crippen LogP contribution is 2.28. The number of halogens is 5. The van der Waals surface area contributed by atoms with Crippen molar-refractivity contribution in [2.45, 2.75) is 11.5 Å². The van der Waals surface area contributed by atoms with Crippen LogP contribution in [0.3, 0.4) is 0 Å². The SMILES string of the molecule is O=S(=O)(Cl)c1nc(C(F)F)c(F)cc1Cl. The van der Waals surface area contributed by atoms with Gasteiger partial charge in [-0.1, -0.05) is 11.6 Å². The van der Waals surface area contributed by atoms with Crippen LogP contribution in [0.4, 0.5) is 13.2 Å². The molecule has 0 unspecified atom stereocenters. The van der Waals surface area contributed by atoms with Gasteiger partial charge in [0.1, 0.15) is 5.69 Å². The van der Waals surface area contributed by atoms with E-state index in [0.717, 1.165) is 0 Å². The van der Waals surface area contributed by atoms with Gasteiger partial charge in [0, 0.05) is 10.7 Å². The molecule has 0 fully saturated rings. The van der Waals surface area contributed by atoms with E-state index >= 15 is 0 Å². The Labute approximate surface area is 92.2 Å². The zero-order chi connectivity index (χ0) is 11.8. The average Bonchev–Trinajstić information content (AvgIpc) is 2.00. The standard InChI is InChI=1S/C6H2Cl2F3NO2S/c7-2-1-3(9)4(5(10)11)12-6(2)15(8,13)14/h1,5H. The highest BCUT2D eigenvalue weighted by Gasteiger charge is 2.24. The Morgan fingerprint density at radius 1 is 1.40 bits per heavy atom. The smallest absolute Gasteiger partial charge is 0.230 e. The second kappa shape index (κ2) is 4.15. The summed E-state index contributed by atoms with van der Waals surface area (Å²) in [5.41, 5.74) is -1.31. The highest BCUT2D eigenvalue weighted by molar-refractivity contribution is 8.13. The van der Waals surface area contributed by atoms with Crippen molar-refractivity contribution >= 4 is 31.3 Å². The third-order valence-electron chi connectivity index (χ3n) is 1.36. The molecular formula is C6H2Cl2F3NO2S. The Morgan fingerprint density at radius 3 is 2.33 bits per heavy atom. The van der Waals surface area contributed by atoms with Gasteiger partial charge in [0.25, 0.3) is 15.5 Å². The van der Waals surface area contributed by atoms with E-state index in [9.17, 15) is 21.6 Å². The number of hydrogen-bond acceptors (Lipinski definition) is 3. The van der Waals surface area contributed by atoms with E-state index < -0.39 is 37.0 Å². The first-order chi connectivity index (χ1) is 6.73. The second-order valence-corrected chi connectivity index (χ2v) is 5.27. The molecule has 84 valence electrons. The minimum Gasteiger partial charge on any atom is -0.230 e. The van der Waals surface area contributed by atoms with Gasteiger partial charge in [0.05, 0.1) is 5.02 Å². The summed E-state index contributed by atoms with van der Waals surface area (Å²) in [4.78, 5) is 2.87. The Bertz CT molecular complexity index is 491. The highest BCUT2D eigenvalue weighted by atomic mass is 35.7. The number of nitrogens with zero attached hydrogens (tertiary/aromatic N) is 1. The monoisotopic (exact) mass is 279 g/mol. The first-order valence-electron chi connectivity index (χ1n) is 3.32. The molecule has 3 nitrogen and oxygen atoms in total. The van der Waals surface area contributed by atoms with Crippen LogP contribution in [0.15, 0.2) is 11.1 Å². The van der Waals surface area contributed by atoms with Crippen molar-refractivity contribution in [2.75, 3.05) is 0 Å². The largest absolute Gasteiger partial charge is 0.283 e. The van der Waals surface area contributed by atoms with Crippen molar-refractivity contribution in [1.82, 2.24) is 4.98 Å². The van der Waals surface area contributed by atoms with Crippen LogP contribution >= 0.6 is 22.3 Å². The Hall–Kier alpha value is -0.530. The van der Waals surface area contributed by atoms with Crippen LogP contribution in [0.2, 0.25) is 5.02 Å². The number of rotatable bonds is 2. The van der Waals surface area contributed by atoms with E-state index in [4.69, 9.17) is 22.3 Å². The van der Waals surface area contributed by atoms with E-state index in [-0.39, 0.29) is 0 Å². The average molecular weight is 280 g/mol. The van der Waals surface area contributed by atoms with Gasteiger partial charge in [-0.25, -0.2) is 26.6 Å². The summed E-state index contributed by atoms with van der Waals surface area (Å²) in [5, 5.41) is -1.63. The van der Waals surface area contributed by atoms with Crippen molar-refractivity contribution in [3.8, 4) is 0 Å². The van der Waals surface area contributed by atoms with Crippen LogP contribution < -0.4 is 0 Å². The molecule has 1 aromatic heterocycles. The Kier molecular flexibility index (Phi) is 3.47. The van der Waals surface area contributed by atoms with Crippen molar-refractivity contribution in [3.05, 3.63) is 22.6 Å². The quantitative estimate of drug-likeness (QED) is 0.782. The van der Waals surface area contributed by atoms with Gasteiger partial charge in [-0.15, -0.1) is 0 Å². The molecule has 1 rings (SSSR count). The lowest BCUT2D eigenvalue weighted by Crippen LogP contribution is -2.03. The van der Waals surface area contributed by atoms with E-state index in [1.54, 1.807) is 0 Å². The Balaban J connectivity index is 3.50. The molecule has 0 aliphatic heterocycles. The minimum atomic E-state index is -4.38. The van der Waals surface area contributed by atoms with Gasteiger partial charge in [0.15, 0.2) is 10.8 Å². The van der Waals surface area contributed by atoms with Gasteiger partial charge in [-0.05, 0) is 6.07 Å². The van der Waals surface area contributed by atoms with Crippen molar-refractivity contribution in [1.29, 1.82) is 0 Å². The molecule has 0 N–H and O–H groups in total. The summed E-state index contributed by atoms with van der Waals surface area (Å²) in [7, 11) is 0.474. The summed E-state index contributed by atoms with van der Waals surface area (Å²) < 4.78 is 58.7. The molecule has 0 aromatic carbocycles. The van der Waals surface area contributed by atoms with Crippen molar-refractivity contribution < 1.29 is 21.6 Å². The molecule has 9 heteroatoms. The van der Waals surface area contributed by atoms with Crippen LogP contribution in [0.5, 0.6) is 0 Å². The first kappa shape index (κ1) is 12.5. The maximum atomic E-state index is 12.8. The van der Waals surface area contributed by atoms with Crippen LogP contribution in [-0.2, 0) is 9.05 Å². The van der Waals surface area contributed by atoms with E-state index in [1.807, 2.05) is 0 Å². The number of aromatic nitrogens is 1. The Morgan fingerprint density at radius 2 is 1.93 bits per heavy atom. The molecule has 0 aliphatic carbocycles. The van der Waals surface area contributed by atoms with E-state index in [2.05, 4.69) is 4.98 Å². The van der Waals surface area contributed by atoms with Gasteiger partial charge in [-0.3, -0.25) is 0 Å². The first-order valence-corrected chi connectivity index (χ1v) is 6.01. The molecule has 0 bridgehead atoms. The summed E-state index contributed by atoms with van der Waals surface area (Å²) in [5.74, 6) is -1.39. The molecule has 0 amide bonds. The van der Waals surface area contributed by atoms with Crippen LogP contribution in [0, 0.1) is 5.82 Å². The molecule has 0 radical (unpaired) electrons. The van der Waals surface area contributed by atoms with Crippen molar-refractivity contribution in [2.24, 2.45) is 0 Å². The summed E-state index contributed by atoms with van der Waals surface area (Å²) in [6.07, 6.45) is -3.25. The van der Waals surface area contributed by atoms with Gasteiger partial charge in [0.2, 0.25) is 0 Å². The minimum absolute atomic E-state index is 0.422. The van der Waals surface area contributed by atoms with Crippen LogP contribution in [-0.4, -0.2) is 13.4 Å². The normalized spacial score (nSPS) is 12.1. The molecule has 0 saturated carbocycles. The summed E-state index contributed by atoms with van der Waals surface area (Å²) in [6, 6.07) is 0.422. The lowest BCUT2D eigenvalue weighted by molar-refractivity contribution is 0.139. The maximum absolute atomic E-state index is 12.8. The van der Waals surface area contributed by atoms with Gasteiger partial charge < -0.3 is 0 Å². The number of hydrogen-bond donors (Lipinski definition) is 0. The van der Waals surface area contributed by atoms with E-state index in [1.165, 1.54) is 0 Å². The lowest BCUT2D eigenvalue weighted by Gasteiger charge is -2.04. The third kappa shape index (κ3) is 2.73. The fourth-order valence-corrected chi connectivity index (χ4v) is 2.20. The predicted octanol–water partition coefficient (Wildman–Crippen LogP) is 2.74. The molecule has 0 saturated heterocycles. The second-order valence-electron chi connectivity index (χ2n) is 2.38. The fourth-order valence-electron chi connectivity index (χ4n) is 0.787. The van der Waals surface area contributed by atoms with Gasteiger partial charge >= 0.3 is 0 Å². The molecular weight excluding hydrogens is 278 g/mol. The zero-order valence-electron chi connectivity index (χ0n) is 6.72. The third-order valence-corrected chi connectivity index (χ3v) is 2.97.